The number of carbonyl (C=O) groups is 1. The van der Waals surface area contributed by atoms with E-state index in [4.69, 9.17) is 40.1 Å². The zero-order chi connectivity index (χ0) is 16.2. The van der Waals surface area contributed by atoms with E-state index in [1.165, 1.54) is 0 Å². The van der Waals surface area contributed by atoms with Gasteiger partial charge in [0.15, 0.2) is 10.1 Å². The van der Waals surface area contributed by atoms with E-state index >= 15 is 0 Å². The van der Waals surface area contributed by atoms with Crippen molar-refractivity contribution in [2.45, 2.75) is 16.1 Å². The van der Waals surface area contributed by atoms with Gasteiger partial charge in [-0.3, -0.25) is 4.79 Å². The Labute approximate surface area is 144 Å². The van der Waals surface area contributed by atoms with Crippen molar-refractivity contribution in [3.8, 4) is 17.2 Å². The van der Waals surface area contributed by atoms with E-state index in [9.17, 15) is 4.79 Å². The number of benzene rings is 2. The minimum atomic E-state index is -1.71. The molecule has 0 aliphatic heterocycles. The summed E-state index contributed by atoms with van der Waals surface area (Å²) in [6.07, 6.45) is -0.132. The number of rotatable bonds is 5. The highest BCUT2D eigenvalue weighted by Crippen LogP contribution is 2.33. The highest BCUT2D eigenvalue weighted by molar-refractivity contribution is 6.60. The van der Waals surface area contributed by atoms with Gasteiger partial charge < -0.3 is 0 Å². The predicted octanol–water partition coefficient (Wildman–Crippen LogP) is 5.23. The second kappa shape index (κ2) is 7.15. The Morgan fingerprint density at radius 2 is 1.59 bits per heavy atom. The number of hydrogen-bond acceptors (Lipinski definition) is 2. The van der Waals surface area contributed by atoms with Gasteiger partial charge >= 0.3 is 0 Å². The summed E-state index contributed by atoms with van der Waals surface area (Å²) in [6.45, 7) is 0. The maximum atomic E-state index is 12.3. The van der Waals surface area contributed by atoms with Gasteiger partial charge in [0.2, 0.25) is 0 Å². The molecule has 0 N–H and O–H groups in total. The predicted molar refractivity (Wildman–Crippen MR) is 90.5 cm³/mol. The van der Waals surface area contributed by atoms with Gasteiger partial charge in [0.25, 0.3) is 0 Å². The van der Waals surface area contributed by atoms with Crippen molar-refractivity contribution in [2.24, 2.45) is 0 Å². The highest BCUT2D eigenvalue weighted by Gasteiger charge is 2.36. The summed E-state index contributed by atoms with van der Waals surface area (Å²) < 4.78 is -1.71. The number of alkyl halides is 3. The van der Waals surface area contributed by atoms with Crippen molar-refractivity contribution >= 4 is 40.6 Å². The number of ketones is 1. The number of hydrogen-bond donors (Lipinski definition) is 0. The van der Waals surface area contributed by atoms with Crippen LogP contribution in [0.1, 0.15) is 16.8 Å². The lowest BCUT2D eigenvalue weighted by atomic mass is 10.00. The summed E-state index contributed by atoms with van der Waals surface area (Å²) in [5.74, 6) is -0.462. The van der Waals surface area contributed by atoms with E-state index in [0.717, 1.165) is 11.1 Å². The fourth-order valence-electron chi connectivity index (χ4n) is 2.02. The summed E-state index contributed by atoms with van der Waals surface area (Å²) in [7, 11) is 0. The van der Waals surface area contributed by atoms with Crippen LogP contribution >= 0.6 is 34.8 Å². The molecule has 0 heterocycles. The van der Waals surface area contributed by atoms with Crippen LogP contribution < -0.4 is 0 Å². The van der Waals surface area contributed by atoms with Crippen molar-refractivity contribution in [1.29, 1.82) is 5.26 Å². The molecule has 2 rings (SSSR count). The minimum absolute atomic E-state index is 0.132. The lowest BCUT2D eigenvalue weighted by molar-refractivity contribution is 0.0970. The summed E-state index contributed by atoms with van der Waals surface area (Å²) >= 11 is 17.8. The first-order valence-corrected chi connectivity index (χ1v) is 7.75. The molecule has 1 atom stereocenters. The van der Waals surface area contributed by atoms with Gasteiger partial charge in [-0.15, -0.1) is 11.6 Å². The molecule has 0 saturated carbocycles. The standard InChI is InChI=1S/C17H12Cl3NO/c18-15(11-21)10-17(19,20)16(22)14-8-6-13(7-9-14)12-4-2-1-3-5-12/h1-9,15H,10H2. The molecule has 0 amide bonds. The van der Waals surface area contributed by atoms with E-state index < -0.39 is 15.5 Å². The van der Waals surface area contributed by atoms with Gasteiger partial charge in [-0.1, -0.05) is 77.8 Å². The summed E-state index contributed by atoms with van der Waals surface area (Å²) in [6, 6.07) is 18.6. The Bertz CT molecular complexity index is 690. The summed E-state index contributed by atoms with van der Waals surface area (Å²) in [4.78, 5) is 12.3. The molecular formula is C17H12Cl3NO. The molecule has 0 aliphatic carbocycles. The van der Waals surface area contributed by atoms with E-state index in [1.54, 1.807) is 18.2 Å². The van der Waals surface area contributed by atoms with Crippen LogP contribution in [0.2, 0.25) is 0 Å². The quantitative estimate of drug-likeness (QED) is 0.546. The SMILES string of the molecule is N#CC(Cl)CC(Cl)(Cl)C(=O)c1ccc(-c2ccccc2)cc1. The third kappa shape index (κ3) is 4.01. The monoisotopic (exact) mass is 351 g/mol. The third-order valence-corrected chi connectivity index (χ3v) is 4.07. The molecule has 1 unspecified atom stereocenters. The Hall–Kier alpha value is -1.53. The van der Waals surface area contributed by atoms with Crippen molar-refractivity contribution in [1.82, 2.24) is 0 Å². The van der Waals surface area contributed by atoms with Crippen molar-refractivity contribution < 1.29 is 4.79 Å². The first-order valence-electron chi connectivity index (χ1n) is 6.56. The zero-order valence-electron chi connectivity index (χ0n) is 11.5. The lowest BCUT2D eigenvalue weighted by Gasteiger charge is -2.18. The van der Waals surface area contributed by atoms with E-state index in [2.05, 4.69) is 0 Å². The molecule has 0 aliphatic rings. The van der Waals surface area contributed by atoms with E-state index in [0.29, 0.717) is 5.56 Å². The maximum Gasteiger partial charge on any atom is 0.198 e. The van der Waals surface area contributed by atoms with Crippen LogP contribution in [-0.4, -0.2) is 15.5 Å². The molecule has 5 heteroatoms. The van der Waals surface area contributed by atoms with Gasteiger partial charge in [-0.25, -0.2) is 0 Å². The van der Waals surface area contributed by atoms with Crippen LogP contribution in [0.3, 0.4) is 0 Å². The van der Waals surface area contributed by atoms with Crippen molar-refractivity contribution in [3.05, 3.63) is 60.2 Å². The largest absolute Gasteiger partial charge is 0.291 e. The Morgan fingerprint density at radius 1 is 1.05 bits per heavy atom. The topological polar surface area (TPSA) is 40.9 Å². The molecule has 0 spiro atoms. The van der Waals surface area contributed by atoms with Gasteiger partial charge in [0.05, 0.1) is 6.07 Å². The molecule has 2 nitrogen and oxygen atoms in total. The molecule has 0 radical (unpaired) electrons. The molecule has 0 fully saturated rings. The Balaban J connectivity index is 2.20. The molecule has 0 aromatic heterocycles. The lowest BCUT2D eigenvalue weighted by Crippen LogP contribution is -2.29. The molecule has 22 heavy (non-hydrogen) atoms. The normalized spacial score (nSPS) is 12.5. The molecule has 2 aromatic carbocycles. The fourth-order valence-corrected chi connectivity index (χ4v) is 2.94. The number of halogens is 3. The summed E-state index contributed by atoms with van der Waals surface area (Å²) in [5, 5.41) is 7.79. The smallest absolute Gasteiger partial charge is 0.198 e. The Morgan fingerprint density at radius 3 is 2.14 bits per heavy atom. The Kier molecular flexibility index (Phi) is 5.47. The number of nitriles is 1. The maximum absolute atomic E-state index is 12.3. The average molecular weight is 353 g/mol. The van der Waals surface area contributed by atoms with Crippen LogP contribution in [-0.2, 0) is 0 Å². The van der Waals surface area contributed by atoms with E-state index in [-0.39, 0.29) is 6.42 Å². The van der Waals surface area contributed by atoms with Crippen LogP contribution in [0.5, 0.6) is 0 Å². The summed E-state index contributed by atoms with van der Waals surface area (Å²) in [5.41, 5.74) is 2.42. The van der Waals surface area contributed by atoms with Crippen LogP contribution in [0.25, 0.3) is 11.1 Å². The average Bonchev–Trinajstić information content (AvgIpc) is 2.54. The number of Topliss-reactive ketones (excluding diaryl/α,β-unsaturated/α-hetero) is 1. The highest BCUT2D eigenvalue weighted by atomic mass is 35.5. The van der Waals surface area contributed by atoms with Crippen LogP contribution in [0, 0.1) is 11.3 Å². The van der Waals surface area contributed by atoms with Gasteiger partial charge in [0.1, 0.15) is 5.38 Å². The first kappa shape index (κ1) is 16.8. The molecular weight excluding hydrogens is 341 g/mol. The third-order valence-electron chi connectivity index (χ3n) is 3.16. The van der Waals surface area contributed by atoms with Gasteiger partial charge in [-0.05, 0) is 11.1 Å². The van der Waals surface area contributed by atoms with Gasteiger partial charge in [0, 0.05) is 12.0 Å². The molecule has 0 bridgehead atoms. The fraction of sp³-hybridized carbons (Fsp3) is 0.176. The van der Waals surface area contributed by atoms with Crippen LogP contribution in [0.4, 0.5) is 0 Å². The second-order valence-electron chi connectivity index (χ2n) is 4.78. The zero-order valence-corrected chi connectivity index (χ0v) is 13.7. The second-order valence-corrected chi connectivity index (χ2v) is 6.79. The van der Waals surface area contributed by atoms with E-state index in [1.807, 2.05) is 42.5 Å². The number of nitrogens with zero attached hydrogens (tertiary/aromatic N) is 1. The minimum Gasteiger partial charge on any atom is -0.291 e. The first-order chi connectivity index (χ1) is 10.4. The molecule has 0 saturated heterocycles. The van der Waals surface area contributed by atoms with Crippen molar-refractivity contribution in [3.63, 3.8) is 0 Å². The number of carbonyl (C=O) groups excluding carboxylic acids is 1. The molecule has 2 aromatic rings. The molecule has 112 valence electrons. The van der Waals surface area contributed by atoms with Crippen LogP contribution in [0.15, 0.2) is 54.6 Å². The van der Waals surface area contributed by atoms with Gasteiger partial charge in [-0.2, -0.15) is 5.26 Å². The van der Waals surface area contributed by atoms with Crippen molar-refractivity contribution in [2.75, 3.05) is 0 Å².